The molecule has 21 heavy (non-hydrogen) atoms. The third-order valence-corrected chi connectivity index (χ3v) is 2.83. The molecule has 0 radical (unpaired) electrons. The number of carboxylic acids is 1. The summed E-state index contributed by atoms with van der Waals surface area (Å²) in [6.07, 6.45) is 2.54. The van der Waals surface area contributed by atoms with Gasteiger partial charge in [-0.3, -0.25) is 4.98 Å². The number of ether oxygens (including phenoxy) is 2. The predicted molar refractivity (Wildman–Crippen MR) is 77.7 cm³/mol. The number of rotatable bonds is 8. The van der Waals surface area contributed by atoms with Crippen molar-refractivity contribution >= 4 is 5.97 Å². The van der Waals surface area contributed by atoms with Gasteiger partial charge in [0.05, 0.1) is 18.8 Å². The summed E-state index contributed by atoms with van der Waals surface area (Å²) >= 11 is 0. The van der Waals surface area contributed by atoms with E-state index in [1.54, 1.807) is 18.3 Å². The molecule has 5 nitrogen and oxygen atoms in total. The maximum atomic E-state index is 10.7. The summed E-state index contributed by atoms with van der Waals surface area (Å²) in [6.45, 7) is 1.50. The lowest BCUT2D eigenvalue weighted by atomic mass is 10.2. The minimum Gasteiger partial charge on any atom is -0.491 e. The normalized spacial score (nSPS) is 10.3. The number of pyridine rings is 1. The summed E-state index contributed by atoms with van der Waals surface area (Å²) in [6, 6.07) is 12.1. The Hall–Kier alpha value is -2.40. The second-order valence-corrected chi connectivity index (χ2v) is 4.36. The highest BCUT2D eigenvalue weighted by Crippen LogP contribution is 2.11. The van der Waals surface area contributed by atoms with Crippen molar-refractivity contribution in [3.8, 4) is 5.75 Å². The van der Waals surface area contributed by atoms with Crippen LogP contribution in [0, 0.1) is 0 Å². The number of aromatic carboxylic acids is 1. The Kier molecular flexibility index (Phi) is 5.72. The molecular weight excluding hydrogens is 270 g/mol. The Morgan fingerprint density at radius 3 is 2.52 bits per heavy atom. The van der Waals surface area contributed by atoms with E-state index in [1.807, 2.05) is 18.2 Å². The van der Waals surface area contributed by atoms with Crippen LogP contribution in [0.2, 0.25) is 0 Å². The van der Waals surface area contributed by atoms with Crippen molar-refractivity contribution in [2.45, 2.75) is 6.42 Å². The average Bonchev–Trinajstić information content (AvgIpc) is 2.52. The zero-order valence-corrected chi connectivity index (χ0v) is 11.6. The van der Waals surface area contributed by atoms with Crippen LogP contribution in [0.1, 0.15) is 16.1 Å². The van der Waals surface area contributed by atoms with Gasteiger partial charge in [-0.2, -0.15) is 0 Å². The van der Waals surface area contributed by atoms with Crippen molar-refractivity contribution in [1.82, 2.24) is 4.98 Å². The van der Waals surface area contributed by atoms with E-state index in [0.29, 0.717) is 25.6 Å². The Labute approximate surface area is 123 Å². The lowest BCUT2D eigenvalue weighted by Gasteiger charge is -2.07. The zero-order valence-electron chi connectivity index (χ0n) is 11.6. The van der Waals surface area contributed by atoms with Gasteiger partial charge in [0, 0.05) is 18.3 Å². The van der Waals surface area contributed by atoms with Crippen LogP contribution in [0.3, 0.4) is 0 Å². The molecule has 0 amide bonds. The Morgan fingerprint density at radius 2 is 1.86 bits per heavy atom. The van der Waals surface area contributed by atoms with E-state index in [4.69, 9.17) is 14.6 Å². The molecule has 1 N–H and O–H groups in total. The minimum absolute atomic E-state index is 0.244. The number of benzene rings is 1. The zero-order chi connectivity index (χ0) is 14.9. The Morgan fingerprint density at radius 1 is 1.05 bits per heavy atom. The molecule has 5 heteroatoms. The second-order valence-electron chi connectivity index (χ2n) is 4.36. The van der Waals surface area contributed by atoms with Crippen LogP contribution < -0.4 is 4.74 Å². The molecule has 0 bridgehead atoms. The molecule has 110 valence electrons. The van der Waals surface area contributed by atoms with Crippen molar-refractivity contribution < 1.29 is 19.4 Å². The molecule has 2 rings (SSSR count). The van der Waals surface area contributed by atoms with Gasteiger partial charge in [0.2, 0.25) is 0 Å². The maximum absolute atomic E-state index is 10.7. The van der Waals surface area contributed by atoms with Gasteiger partial charge in [0.25, 0.3) is 0 Å². The molecule has 0 saturated heterocycles. The lowest BCUT2D eigenvalue weighted by molar-refractivity contribution is 0.0696. The molecule has 1 aromatic carbocycles. The number of carbonyl (C=O) groups is 1. The fourth-order valence-electron chi connectivity index (χ4n) is 1.74. The molecule has 0 aliphatic rings. The van der Waals surface area contributed by atoms with Crippen LogP contribution in [0.15, 0.2) is 48.7 Å². The highest BCUT2D eigenvalue weighted by Gasteiger charge is 2.02. The Balaban J connectivity index is 1.60. The van der Waals surface area contributed by atoms with Crippen molar-refractivity contribution in [2.24, 2.45) is 0 Å². The first-order chi connectivity index (χ1) is 10.3. The summed E-state index contributed by atoms with van der Waals surface area (Å²) in [5.74, 6) is -0.312. The predicted octanol–water partition coefficient (Wildman–Crippen LogP) is 2.42. The topological polar surface area (TPSA) is 68.7 Å². The largest absolute Gasteiger partial charge is 0.491 e. The van der Waals surface area contributed by atoms with Gasteiger partial charge in [0.1, 0.15) is 12.4 Å². The summed E-state index contributed by atoms with van der Waals surface area (Å²) in [5, 5.41) is 8.78. The first-order valence-corrected chi connectivity index (χ1v) is 6.69. The van der Waals surface area contributed by atoms with Gasteiger partial charge >= 0.3 is 5.97 Å². The summed E-state index contributed by atoms with van der Waals surface area (Å²) in [4.78, 5) is 14.9. The monoisotopic (exact) mass is 287 g/mol. The third-order valence-electron chi connectivity index (χ3n) is 2.83. The van der Waals surface area contributed by atoms with E-state index in [0.717, 1.165) is 12.1 Å². The van der Waals surface area contributed by atoms with Gasteiger partial charge in [-0.05, 0) is 36.4 Å². The van der Waals surface area contributed by atoms with Crippen LogP contribution in [-0.4, -0.2) is 35.9 Å². The van der Waals surface area contributed by atoms with Crippen LogP contribution >= 0.6 is 0 Å². The quantitative estimate of drug-likeness (QED) is 0.755. The molecule has 0 fully saturated rings. The molecule has 0 atom stereocenters. The second kappa shape index (κ2) is 8.01. The lowest BCUT2D eigenvalue weighted by Crippen LogP contribution is -2.09. The fraction of sp³-hybridized carbons (Fsp3) is 0.250. The molecule has 0 saturated carbocycles. The van der Waals surface area contributed by atoms with Crippen LogP contribution in [0.5, 0.6) is 5.75 Å². The fourth-order valence-corrected chi connectivity index (χ4v) is 1.74. The van der Waals surface area contributed by atoms with Crippen LogP contribution in [0.4, 0.5) is 0 Å². The molecule has 2 aromatic rings. The smallest absolute Gasteiger partial charge is 0.335 e. The molecule has 1 aromatic heterocycles. The molecule has 0 spiro atoms. The van der Waals surface area contributed by atoms with E-state index >= 15 is 0 Å². The number of hydrogen-bond acceptors (Lipinski definition) is 4. The van der Waals surface area contributed by atoms with E-state index in [9.17, 15) is 4.79 Å². The van der Waals surface area contributed by atoms with Crippen molar-refractivity contribution in [2.75, 3.05) is 19.8 Å². The SMILES string of the molecule is O=C(O)c1ccc(OCCOCCc2ccccn2)cc1. The third kappa shape index (κ3) is 5.24. The molecular formula is C16H17NO4. The van der Waals surface area contributed by atoms with E-state index in [1.165, 1.54) is 12.1 Å². The van der Waals surface area contributed by atoms with Gasteiger partial charge in [-0.15, -0.1) is 0 Å². The maximum Gasteiger partial charge on any atom is 0.335 e. The van der Waals surface area contributed by atoms with Crippen molar-refractivity contribution in [3.05, 3.63) is 59.9 Å². The standard InChI is InChI=1S/C16H17NO4/c18-16(19)13-4-6-15(7-5-13)21-12-11-20-10-8-14-3-1-2-9-17-14/h1-7,9H,8,10-12H2,(H,18,19). The number of hydrogen-bond donors (Lipinski definition) is 1. The van der Waals surface area contributed by atoms with Crippen LogP contribution in [0.25, 0.3) is 0 Å². The van der Waals surface area contributed by atoms with Gasteiger partial charge in [-0.1, -0.05) is 6.07 Å². The van der Waals surface area contributed by atoms with E-state index < -0.39 is 5.97 Å². The first-order valence-electron chi connectivity index (χ1n) is 6.69. The van der Waals surface area contributed by atoms with Crippen molar-refractivity contribution in [1.29, 1.82) is 0 Å². The molecule has 1 heterocycles. The minimum atomic E-state index is -0.945. The first kappa shape index (κ1) is 15.0. The van der Waals surface area contributed by atoms with E-state index in [2.05, 4.69) is 4.98 Å². The summed E-state index contributed by atoms with van der Waals surface area (Å²) in [7, 11) is 0. The summed E-state index contributed by atoms with van der Waals surface area (Å²) in [5.41, 5.74) is 1.25. The molecule has 0 unspecified atom stereocenters. The van der Waals surface area contributed by atoms with Gasteiger partial charge < -0.3 is 14.6 Å². The molecule has 0 aliphatic heterocycles. The van der Waals surface area contributed by atoms with Gasteiger partial charge in [0.15, 0.2) is 0 Å². The highest BCUT2D eigenvalue weighted by molar-refractivity contribution is 5.87. The average molecular weight is 287 g/mol. The van der Waals surface area contributed by atoms with Crippen LogP contribution in [-0.2, 0) is 11.2 Å². The molecule has 0 aliphatic carbocycles. The Bertz CT molecular complexity index is 554. The van der Waals surface area contributed by atoms with Crippen molar-refractivity contribution in [3.63, 3.8) is 0 Å². The van der Waals surface area contributed by atoms with Gasteiger partial charge in [-0.25, -0.2) is 4.79 Å². The summed E-state index contributed by atoms with van der Waals surface area (Å²) < 4.78 is 10.9. The number of carboxylic acid groups (broad SMARTS) is 1. The highest BCUT2D eigenvalue weighted by atomic mass is 16.5. The number of aromatic nitrogens is 1. The van der Waals surface area contributed by atoms with E-state index in [-0.39, 0.29) is 5.56 Å². The number of nitrogens with zero attached hydrogens (tertiary/aromatic N) is 1.